The van der Waals surface area contributed by atoms with Crippen LogP contribution >= 0.6 is 11.6 Å². The van der Waals surface area contributed by atoms with E-state index in [1.807, 2.05) is 0 Å². The van der Waals surface area contributed by atoms with E-state index in [1.165, 1.54) is 18.5 Å². The number of aromatic nitrogens is 2. The summed E-state index contributed by atoms with van der Waals surface area (Å²) in [6.07, 6.45) is 0. The molecule has 0 saturated heterocycles. The molecule has 0 aliphatic heterocycles. The molecule has 0 spiro atoms. The van der Waals surface area contributed by atoms with Gasteiger partial charge in [0.15, 0.2) is 6.61 Å². The Labute approximate surface area is 160 Å². The lowest BCUT2D eigenvalue weighted by atomic mass is 10.1. The summed E-state index contributed by atoms with van der Waals surface area (Å²) < 4.78 is 6.11. The van der Waals surface area contributed by atoms with E-state index in [0.717, 1.165) is 5.56 Å². The summed E-state index contributed by atoms with van der Waals surface area (Å²) >= 11 is 6.08. The van der Waals surface area contributed by atoms with E-state index in [2.05, 4.69) is 10.4 Å². The molecule has 0 unspecified atom stereocenters. The molecule has 2 aromatic rings. The highest BCUT2D eigenvalue weighted by Crippen LogP contribution is 2.22. The summed E-state index contributed by atoms with van der Waals surface area (Å²) in [5.41, 5.74) is 1.05. The number of esters is 1. The van der Waals surface area contributed by atoms with Crippen LogP contribution in [0.1, 0.15) is 29.9 Å². The molecule has 2 rings (SSSR count). The molecule has 1 heterocycles. The molecule has 144 valence electrons. The van der Waals surface area contributed by atoms with Crippen LogP contribution in [0.15, 0.2) is 24.3 Å². The minimum absolute atomic E-state index is 0.144. The Balaban J connectivity index is 1.89. The predicted molar refractivity (Wildman–Crippen MR) is 97.3 cm³/mol. The predicted octanol–water partition coefficient (Wildman–Crippen LogP) is 2.48. The number of nitrogens with zero attached hydrogens (tertiary/aromatic N) is 3. The molecule has 0 bridgehead atoms. The topological polar surface area (TPSA) is 116 Å². The van der Waals surface area contributed by atoms with Crippen molar-refractivity contribution in [3.8, 4) is 0 Å². The number of hydrogen-bond acceptors (Lipinski definition) is 6. The largest absolute Gasteiger partial charge is 0.454 e. The zero-order valence-electron chi connectivity index (χ0n) is 15.1. The van der Waals surface area contributed by atoms with Crippen LogP contribution in [-0.4, -0.2) is 33.2 Å². The molecule has 1 atom stereocenters. The first-order valence-electron chi connectivity index (χ1n) is 8.08. The van der Waals surface area contributed by atoms with Gasteiger partial charge in [-0.25, -0.2) is 0 Å². The molecular weight excluding hydrogens is 376 g/mol. The van der Waals surface area contributed by atoms with Crippen LogP contribution in [0.4, 0.5) is 5.69 Å². The Morgan fingerprint density at radius 3 is 2.63 bits per heavy atom. The third-order valence-electron chi connectivity index (χ3n) is 3.92. The average molecular weight is 395 g/mol. The number of hydrogen-bond donors (Lipinski definition) is 1. The number of ether oxygens (including phenoxy) is 1. The van der Waals surface area contributed by atoms with Gasteiger partial charge >= 0.3 is 11.7 Å². The van der Waals surface area contributed by atoms with Crippen molar-refractivity contribution in [2.45, 2.75) is 33.4 Å². The minimum atomic E-state index is -0.726. The van der Waals surface area contributed by atoms with Crippen molar-refractivity contribution >= 4 is 29.2 Å². The summed E-state index contributed by atoms with van der Waals surface area (Å²) in [7, 11) is 0. The number of aryl methyl sites for hydroxylation is 1. The van der Waals surface area contributed by atoms with E-state index in [0.29, 0.717) is 5.02 Å². The molecule has 1 N–H and O–H groups in total. The fourth-order valence-corrected chi connectivity index (χ4v) is 2.91. The number of amides is 1. The smallest absolute Gasteiger partial charge is 0.328 e. The lowest BCUT2D eigenvalue weighted by Crippen LogP contribution is -2.32. The van der Waals surface area contributed by atoms with Crippen molar-refractivity contribution in [2.75, 3.05) is 6.61 Å². The van der Waals surface area contributed by atoms with Gasteiger partial charge in [-0.15, -0.1) is 0 Å². The third-order valence-corrected chi connectivity index (χ3v) is 4.26. The Hall–Kier alpha value is -2.94. The second kappa shape index (κ2) is 8.63. The number of carbonyl (C=O) groups excluding carboxylic acids is 2. The second-order valence-corrected chi connectivity index (χ2v) is 6.31. The van der Waals surface area contributed by atoms with Gasteiger partial charge in [0, 0.05) is 5.02 Å². The Morgan fingerprint density at radius 2 is 2.04 bits per heavy atom. The molecule has 1 aromatic heterocycles. The number of carbonyl (C=O) groups is 2. The van der Waals surface area contributed by atoms with Crippen molar-refractivity contribution in [2.24, 2.45) is 0 Å². The first-order valence-corrected chi connectivity index (χ1v) is 8.46. The highest BCUT2D eigenvalue weighted by Gasteiger charge is 2.23. The van der Waals surface area contributed by atoms with Crippen molar-refractivity contribution < 1.29 is 19.2 Å². The summed E-state index contributed by atoms with van der Waals surface area (Å²) in [4.78, 5) is 34.3. The maximum absolute atomic E-state index is 12.0. The number of nitro groups is 1. The van der Waals surface area contributed by atoms with Crippen LogP contribution < -0.4 is 5.32 Å². The van der Waals surface area contributed by atoms with E-state index in [-0.39, 0.29) is 29.7 Å². The molecule has 0 aliphatic rings. The fraction of sp³-hybridized carbons (Fsp3) is 0.353. The van der Waals surface area contributed by atoms with Crippen LogP contribution in [0.3, 0.4) is 0 Å². The number of nitrogens with one attached hydrogen (secondary N) is 1. The van der Waals surface area contributed by atoms with Crippen LogP contribution in [0.25, 0.3) is 0 Å². The molecule has 0 aliphatic carbocycles. The molecule has 0 saturated carbocycles. The van der Waals surface area contributed by atoms with E-state index >= 15 is 0 Å². The van der Waals surface area contributed by atoms with Crippen LogP contribution in [0.5, 0.6) is 0 Å². The van der Waals surface area contributed by atoms with Crippen molar-refractivity contribution in [1.82, 2.24) is 15.1 Å². The normalized spacial score (nSPS) is 11.7. The van der Waals surface area contributed by atoms with Crippen LogP contribution in [-0.2, 0) is 20.9 Å². The lowest BCUT2D eigenvalue weighted by molar-refractivity contribution is -0.386. The van der Waals surface area contributed by atoms with E-state index in [1.54, 1.807) is 31.2 Å². The zero-order chi connectivity index (χ0) is 20.1. The Kier molecular flexibility index (Phi) is 6.51. The van der Waals surface area contributed by atoms with Gasteiger partial charge in [-0.2, -0.15) is 5.10 Å². The number of halogens is 1. The highest BCUT2D eigenvalue weighted by atomic mass is 35.5. The maximum Gasteiger partial charge on any atom is 0.328 e. The first-order chi connectivity index (χ1) is 12.7. The minimum Gasteiger partial charge on any atom is -0.454 e. The number of benzene rings is 1. The van der Waals surface area contributed by atoms with Gasteiger partial charge in [-0.3, -0.25) is 24.4 Å². The molecule has 0 fully saturated rings. The van der Waals surface area contributed by atoms with E-state index in [4.69, 9.17) is 16.3 Å². The van der Waals surface area contributed by atoms with Gasteiger partial charge in [0.1, 0.15) is 17.9 Å². The van der Waals surface area contributed by atoms with E-state index in [9.17, 15) is 19.7 Å². The quantitative estimate of drug-likeness (QED) is 0.438. The molecule has 9 nitrogen and oxygen atoms in total. The van der Waals surface area contributed by atoms with Crippen molar-refractivity contribution in [3.05, 3.63) is 56.4 Å². The second-order valence-electron chi connectivity index (χ2n) is 5.91. The molecule has 27 heavy (non-hydrogen) atoms. The van der Waals surface area contributed by atoms with Gasteiger partial charge in [0.2, 0.25) is 0 Å². The highest BCUT2D eigenvalue weighted by molar-refractivity contribution is 6.31. The summed E-state index contributed by atoms with van der Waals surface area (Å²) in [5.74, 6) is -1.22. The first kappa shape index (κ1) is 20.4. The maximum atomic E-state index is 12.0. The fourth-order valence-electron chi connectivity index (χ4n) is 2.61. The van der Waals surface area contributed by atoms with Gasteiger partial charge in [0.25, 0.3) is 5.91 Å². The van der Waals surface area contributed by atoms with Crippen LogP contribution in [0.2, 0.25) is 5.02 Å². The van der Waals surface area contributed by atoms with E-state index < -0.39 is 23.4 Å². The van der Waals surface area contributed by atoms with Gasteiger partial charge < -0.3 is 10.1 Å². The Morgan fingerprint density at radius 1 is 1.37 bits per heavy atom. The molecule has 1 aromatic carbocycles. The lowest BCUT2D eigenvalue weighted by Gasteiger charge is -2.15. The van der Waals surface area contributed by atoms with Gasteiger partial charge in [0.05, 0.1) is 11.0 Å². The van der Waals surface area contributed by atoms with Gasteiger partial charge in [-0.05, 0) is 32.4 Å². The summed E-state index contributed by atoms with van der Waals surface area (Å²) in [6, 6.07) is 6.73. The monoisotopic (exact) mass is 394 g/mol. The summed E-state index contributed by atoms with van der Waals surface area (Å²) in [6.45, 7) is 3.93. The molecule has 10 heteroatoms. The number of rotatable bonds is 7. The van der Waals surface area contributed by atoms with Crippen molar-refractivity contribution in [3.63, 3.8) is 0 Å². The third kappa shape index (κ3) is 5.04. The standard InChI is InChI=1S/C17H19ClN4O5/c1-10(13-6-4-5-7-14(13)18)19-15(23)9-27-16(24)8-21-12(3)17(22(25)26)11(2)20-21/h4-7,10H,8-9H2,1-3H3,(H,19,23)/t10-/m1/s1. The van der Waals surface area contributed by atoms with Crippen LogP contribution in [0, 0.1) is 24.0 Å². The van der Waals surface area contributed by atoms with Gasteiger partial charge in [-0.1, -0.05) is 29.8 Å². The Bertz CT molecular complexity index is 880. The van der Waals surface area contributed by atoms with Crippen molar-refractivity contribution in [1.29, 1.82) is 0 Å². The zero-order valence-corrected chi connectivity index (χ0v) is 15.8. The SMILES string of the molecule is Cc1nn(CC(=O)OCC(=O)N[C@H](C)c2ccccc2Cl)c(C)c1[N+](=O)[O-]. The summed E-state index contributed by atoms with van der Waals surface area (Å²) in [5, 5.41) is 18.1. The average Bonchev–Trinajstić information content (AvgIpc) is 2.87. The molecule has 1 amide bonds. The molecule has 0 radical (unpaired) electrons. The molecular formula is C17H19ClN4O5.